The summed E-state index contributed by atoms with van der Waals surface area (Å²) in [6.45, 7) is 4.34. The van der Waals surface area contributed by atoms with Gasteiger partial charge in [-0.25, -0.2) is 4.79 Å². The first-order chi connectivity index (χ1) is 14.3. The van der Waals surface area contributed by atoms with Crippen molar-refractivity contribution >= 4 is 34.9 Å². The number of benzene rings is 2. The van der Waals surface area contributed by atoms with Crippen molar-refractivity contribution in [3.05, 3.63) is 76.3 Å². The van der Waals surface area contributed by atoms with Crippen LogP contribution in [0.2, 0.25) is 0 Å². The van der Waals surface area contributed by atoms with Crippen LogP contribution in [0.5, 0.6) is 0 Å². The molecule has 1 heterocycles. The number of nitrogens with zero attached hydrogens (tertiary/aromatic N) is 1. The van der Waals surface area contributed by atoms with Crippen LogP contribution in [-0.4, -0.2) is 34.4 Å². The summed E-state index contributed by atoms with van der Waals surface area (Å²) in [4.78, 5) is 29.9. The first kappa shape index (κ1) is 20.4. The van der Waals surface area contributed by atoms with Crippen LogP contribution < -0.4 is 5.32 Å². The molecule has 1 aliphatic heterocycles. The van der Waals surface area contributed by atoms with Crippen molar-refractivity contribution in [3.63, 3.8) is 0 Å². The molecule has 0 saturated heterocycles. The Morgan fingerprint density at radius 3 is 2.37 bits per heavy atom. The zero-order valence-corrected chi connectivity index (χ0v) is 17.8. The van der Waals surface area contributed by atoms with E-state index in [4.69, 9.17) is 4.99 Å². The molecule has 2 aliphatic rings. The van der Waals surface area contributed by atoms with Crippen molar-refractivity contribution in [2.45, 2.75) is 32.7 Å². The molecular formula is C24H24N2O3S. The smallest absolute Gasteiger partial charge is 0.326 e. The largest absolute Gasteiger partial charge is 0.480 e. The number of rotatable bonds is 4. The molecule has 5 nitrogen and oxygen atoms in total. The summed E-state index contributed by atoms with van der Waals surface area (Å²) in [5, 5.41) is 12.6. The van der Waals surface area contributed by atoms with Crippen LogP contribution in [0.15, 0.2) is 70.2 Å². The zero-order chi connectivity index (χ0) is 21.3. The second-order valence-electron chi connectivity index (χ2n) is 8.47. The average molecular weight is 421 g/mol. The SMILES string of the molecule is CC1(C)CC2=C(SCC(C(=O)O)N2)/C(=N/c2ccc(C(=O)c3ccccc3)cc2)C1. The molecule has 0 spiro atoms. The minimum Gasteiger partial charge on any atom is -0.480 e. The molecule has 1 atom stereocenters. The van der Waals surface area contributed by atoms with E-state index in [2.05, 4.69) is 19.2 Å². The summed E-state index contributed by atoms with van der Waals surface area (Å²) in [5.74, 6) is -0.349. The van der Waals surface area contributed by atoms with Crippen LogP contribution in [0.3, 0.4) is 0 Å². The van der Waals surface area contributed by atoms with Gasteiger partial charge >= 0.3 is 5.97 Å². The van der Waals surface area contributed by atoms with Crippen molar-refractivity contribution in [1.29, 1.82) is 0 Å². The van der Waals surface area contributed by atoms with Crippen LogP contribution in [-0.2, 0) is 4.79 Å². The maximum atomic E-state index is 12.6. The highest BCUT2D eigenvalue weighted by atomic mass is 32.2. The normalized spacial score (nSPS) is 21.7. The van der Waals surface area contributed by atoms with Gasteiger partial charge in [-0.15, -0.1) is 11.8 Å². The number of thioether (sulfide) groups is 1. The second-order valence-corrected chi connectivity index (χ2v) is 9.50. The van der Waals surface area contributed by atoms with Crippen molar-refractivity contribution in [2.24, 2.45) is 10.4 Å². The molecule has 2 aromatic carbocycles. The number of ketones is 1. The van der Waals surface area contributed by atoms with Crippen LogP contribution in [0.4, 0.5) is 5.69 Å². The number of carbonyl (C=O) groups excluding carboxylic acids is 1. The summed E-state index contributed by atoms with van der Waals surface area (Å²) in [7, 11) is 0. The van der Waals surface area contributed by atoms with Crippen LogP contribution in [0, 0.1) is 5.41 Å². The molecular weight excluding hydrogens is 396 g/mol. The van der Waals surface area contributed by atoms with Gasteiger partial charge in [-0.05, 0) is 42.5 Å². The molecule has 1 aliphatic carbocycles. The fourth-order valence-electron chi connectivity index (χ4n) is 3.86. The molecule has 2 N–H and O–H groups in total. The molecule has 0 bridgehead atoms. The van der Waals surface area contributed by atoms with Gasteiger partial charge in [-0.3, -0.25) is 9.79 Å². The van der Waals surface area contributed by atoms with E-state index >= 15 is 0 Å². The van der Waals surface area contributed by atoms with Gasteiger partial charge in [0.25, 0.3) is 0 Å². The molecule has 1 unspecified atom stereocenters. The second kappa shape index (κ2) is 8.11. The number of allylic oxidation sites excluding steroid dienone is 2. The predicted molar refractivity (Wildman–Crippen MR) is 120 cm³/mol. The molecule has 4 rings (SSSR count). The van der Waals surface area contributed by atoms with Crippen LogP contribution in [0.1, 0.15) is 42.6 Å². The summed E-state index contributed by atoms with van der Waals surface area (Å²) >= 11 is 1.57. The quantitative estimate of drug-likeness (QED) is 0.694. The van der Waals surface area contributed by atoms with Crippen molar-refractivity contribution in [2.75, 3.05) is 5.75 Å². The average Bonchev–Trinajstić information content (AvgIpc) is 2.73. The van der Waals surface area contributed by atoms with Gasteiger partial charge in [0.2, 0.25) is 0 Å². The van der Waals surface area contributed by atoms with Crippen LogP contribution in [0.25, 0.3) is 0 Å². The summed E-state index contributed by atoms with van der Waals surface area (Å²) in [5.41, 5.74) is 4.04. The first-order valence-corrected chi connectivity index (χ1v) is 10.9. The molecule has 6 heteroatoms. The van der Waals surface area contributed by atoms with Gasteiger partial charge in [-0.2, -0.15) is 0 Å². The predicted octanol–water partition coefficient (Wildman–Crippen LogP) is 4.81. The first-order valence-electron chi connectivity index (χ1n) is 9.95. The minimum atomic E-state index is -0.824. The highest BCUT2D eigenvalue weighted by Crippen LogP contribution is 2.43. The van der Waals surface area contributed by atoms with E-state index in [1.807, 2.05) is 54.6 Å². The van der Waals surface area contributed by atoms with Crippen molar-refractivity contribution < 1.29 is 14.7 Å². The Morgan fingerprint density at radius 1 is 1.03 bits per heavy atom. The van der Waals surface area contributed by atoms with Gasteiger partial charge in [0.1, 0.15) is 6.04 Å². The highest BCUT2D eigenvalue weighted by molar-refractivity contribution is 8.04. The lowest BCUT2D eigenvalue weighted by Crippen LogP contribution is -2.44. The maximum absolute atomic E-state index is 12.6. The minimum absolute atomic E-state index is 0.00512. The fourth-order valence-corrected chi connectivity index (χ4v) is 5.01. The Labute approximate surface area is 180 Å². The number of carboxylic acid groups (broad SMARTS) is 1. The molecule has 154 valence electrons. The molecule has 0 amide bonds. The maximum Gasteiger partial charge on any atom is 0.326 e. The van der Waals surface area contributed by atoms with Gasteiger partial charge in [0.05, 0.1) is 11.4 Å². The molecule has 0 radical (unpaired) electrons. The Balaban J connectivity index is 1.61. The number of hydrogen-bond donors (Lipinski definition) is 2. The lowest BCUT2D eigenvalue weighted by molar-refractivity contribution is -0.138. The molecule has 2 aromatic rings. The number of carboxylic acids is 1. The van der Waals surface area contributed by atoms with Crippen molar-refractivity contribution in [3.8, 4) is 0 Å². The lowest BCUT2D eigenvalue weighted by atomic mass is 9.78. The lowest BCUT2D eigenvalue weighted by Gasteiger charge is -2.38. The Bertz CT molecular complexity index is 1040. The Morgan fingerprint density at radius 2 is 1.70 bits per heavy atom. The third-order valence-electron chi connectivity index (χ3n) is 5.31. The third kappa shape index (κ3) is 4.33. The molecule has 0 fully saturated rings. The Kier molecular flexibility index (Phi) is 5.52. The van der Waals surface area contributed by atoms with E-state index in [9.17, 15) is 14.7 Å². The Hall–Kier alpha value is -2.86. The number of aliphatic imine (C=N–C) groups is 1. The van der Waals surface area contributed by atoms with Crippen LogP contribution >= 0.6 is 11.8 Å². The van der Waals surface area contributed by atoms with E-state index in [1.165, 1.54) is 0 Å². The number of aliphatic carboxylic acids is 1. The van der Waals surface area contributed by atoms with E-state index in [0.717, 1.165) is 34.8 Å². The third-order valence-corrected chi connectivity index (χ3v) is 6.58. The summed E-state index contributed by atoms with van der Waals surface area (Å²) in [6.07, 6.45) is 1.63. The molecule has 30 heavy (non-hydrogen) atoms. The van der Waals surface area contributed by atoms with Gasteiger partial charge in [0.15, 0.2) is 5.78 Å². The fraction of sp³-hybridized carbons (Fsp3) is 0.292. The van der Waals surface area contributed by atoms with E-state index < -0.39 is 12.0 Å². The topological polar surface area (TPSA) is 78.8 Å². The summed E-state index contributed by atoms with van der Waals surface area (Å²) < 4.78 is 0. The summed E-state index contributed by atoms with van der Waals surface area (Å²) in [6, 6.07) is 16.0. The van der Waals surface area contributed by atoms with E-state index in [1.54, 1.807) is 11.8 Å². The zero-order valence-electron chi connectivity index (χ0n) is 17.0. The van der Waals surface area contributed by atoms with E-state index in [0.29, 0.717) is 16.9 Å². The van der Waals surface area contributed by atoms with Gasteiger partial charge in [0, 0.05) is 27.5 Å². The highest BCUT2D eigenvalue weighted by Gasteiger charge is 2.36. The van der Waals surface area contributed by atoms with E-state index in [-0.39, 0.29) is 11.2 Å². The number of hydrogen-bond acceptors (Lipinski definition) is 5. The molecule has 0 aromatic heterocycles. The standard InChI is InChI=1S/C24H24N2O3S/c1-24(2)12-18(22-19(13-24)26-20(14-30-22)23(28)29)25-17-10-8-16(9-11-17)21(27)15-6-4-3-5-7-15/h3-11,20,26H,12-14H2,1-2H3,(H,28,29)/b25-18+. The monoisotopic (exact) mass is 420 g/mol. The number of carbonyl (C=O) groups is 2. The van der Waals surface area contributed by atoms with Crippen molar-refractivity contribution in [1.82, 2.24) is 5.32 Å². The van der Waals surface area contributed by atoms with Gasteiger partial charge < -0.3 is 10.4 Å². The van der Waals surface area contributed by atoms with Gasteiger partial charge in [-0.1, -0.05) is 44.2 Å². The number of nitrogens with one attached hydrogen (secondary N) is 1. The molecule has 0 saturated carbocycles.